The number of hydrogen-bond acceptors (Lipinski definition) is 7. The number of aliphatic hydroxyl groups excluding tert-OH is 1. The first kappa shape index (κ1) is 24.9. The highest BCUT2D eigenvalue weighted by Gasteiger charge is 2.66. The van der Waals surface area contributed by atoms with Crippen molar-refractivity contribution in [2.75, 3.05) is 34.4 Å². The molecule has 32 heavy (non-hydrogen) atoms. The number of ether oxygens (including phenoxy) is 2. The van der Waals surface area contributed by atoms with E-state index in [-0.39, 0.29) is 40.9 Å². The fourth-order valence-electron chi connectivity index (χ4n) is 7.04. The Hall–Kier alpha value is -1.73. The third-order valence-electron chi connectivity index (χ3n) is 8.63. The number of carbonyl (C=O) groups is 3. The molecule has 180 valence electrons. The summed E-state index contributed by atoms with van der Waals surface area (Å²) >= 11 is 0. The van der Waals surface area contributed by atoms with Crippen LogP contribution in [0.5, 0.6) is 0 Å². The van der Waals surface area contributed by atoms with Gasteiger partial charge in [0, 0.05) is 24.5 Å². The molecule has 0 saturated heterocycles. The first-order valence-corrected chi connectivity index (χ1v) is 11.8. The van der Waals surface area contributed by atoms with Gasteiger partial charge in [-0.2, -0.15) is 0 Å². The first-order chi connectivity index (χ1) is 15.0. The molecule has 7 heteroatoms. The summed E-state index contributed by atoms with van der Waals surface area (Å²) in [4.78, 5) is 40.5. The van der Waals surface area contributed by atoms with E-state index in [1.807, 2.05) is 32.8 Å². The van der Waals surface area contributed by atoms with E-state index >= 15 is 0 Å². The zero-order valence-corrected chi connectivity index (χ0v) is 20.3. The van der Waals surface area contributed by atoms with Gasteiger partial charge in [-0.3, -0.25) is 9.59 Å². The van der Waals surface area contributed by atoms with Gasteiger partial charge in [0.15, 0.2) is 5.78 Å². The van der Waals surface area contributed by atoms with Crippen molar-refractivity contribution < 1.29 is 29.0 Å². The minimum Gasteiger partial charge on any atom is -0.469 e. The molecule has 7 nitrogen and oxygen atoms in total. The molecule has 3 fully saturated rings. The lowest BCUT2D eigenvalue weighted by molar-refractivity contribution is -0.198. The Labute approximate surface area is 191 Å². The highest BCUT2D eigenvalue weighted by Crippen LogP contribution is 2.64. The van der Waals surface area contributed by atoms with E-state index in [4.69, 9.17) is 9.47 Å². The van der Waals surface area contributed by atoms with Gasteiger partial charge in [0.05, 0.1) is 12.5 Å². The summed E-state index contributed by atoms with van der Waals surface area (Å²) in [6, 6.07) is 0. The molecular weight excluding hydrogens is 410 g/mol. The van der Waals surface area contributed by atoms with Crippen molar-refractivity contribution in [3.8, 4) is 0 Å². The minimum atomic E-state index is -1.21. The van der Waals surface area contributed by atoms with Gasteiger partial charge >= 0.3 is 11.9 Å². The average molecular weight is 450 g/mol. The van der Waals surface area contributed by atoms with Crippen LogP contribution in [-0.4, -0.2) is 68.2 Å². The fraction of sp³-hybridized carbons (Fsp3) is 0.800. The molecule has 0 bridgehead atoms. The Bertz CT molecular complexity index is 791. The van der Waals surface area contributed by atoms with Crippen molar-refractivity contribution in [1.82, 2.24) is 4.90 Å². The van der Waals surface area contributed by atoms with E-state index in [9.17, 15) is 19.5 Å². The Morgan fingerprint density at radius 3 is 2.56 bits per heavy atom. The van der Waals surface area contributed by atoms with Crippen LogP contribution in [0.25, 0.3) is 0 Å². The summed E-state index contributed by atoms with van der Waals surface area (Å²) in [5, 5.41) is 11.2. The number of likely N-dealkylation sites (N-methyl/N-ethyl adjacent to an activating group) is 1. The van der Waals surface area contributed by atoms with Gasteiger partial charge in [0.1, 0.15) is 12.7 Å². The van der Waals surface area contributed by atoms with Crippen LogP contribution in [0.15, 0.2) is 11.6 Å². The Morgan fingerprint density at radius 1 is 1.25 bits per heavy atom. The molecule has 0 aliphatic heterocycles. The summed E-state index contributed by atoms with van der Waals surface area (Å²) in [5.41, 5.74) is -0.307. The predicted molar refractivity (Wildman–Crippen MR) is 120 cm³/mol. The van der Waals surface area contributed by atoms with Crippen LogP contribution >= 0.6 is 0 Å². The van der Waals surface area contributed by atoms with Gasteiger partial charge in [-0.25, -0.2) is 4.79 Å². The SMILES string of the molecule is COC(=O)C1(C)CCCC2(C)C3CCC(=CC(=O)OCCN(C)C)C(C)C3C(=O)C(O)C12. The number of aliphatic hydroxyl groups is 1. The van der Waals surface area contributed by atoms with Gasteiger partial charge in [-0.1, -0.05) is 25.8 Å². The number of rotatable bonds is 5. The van der Waals surface area contributed by atoms with Gasteiger partial charge in [0.2, 0.25) is 0 Å². The number of ketones is 1. The van der Waals surface area contributed by atoms with Crippen LogP contribution in [0.2, 0.25) is 0 Å². The van der Waals surface area contributed by atoms with E-state index in [1.54, 1.807) is 6.08 Å². The van der Waals surface area contributed by atoms with Crippen molar-refractivity contribution >= 4 is 17.7 Å². The molecule has 0 amide bonds. The molecule has 0 spiro atoms. The van der Waals surface area contributed by atoms with Crippen molar-refractivity contribution in [1.29, 1.82) is 0 Å². The minimum absolute atomic E-state index is 0.0598. The largest absolute Gasteiger partial charge is 0.469 e. The van der Waals surface area contributed by atoms with Gasteiger partial charge in [-0.15, -0.1) is 0 Å². The lowest BCUT2D eigenvalue weighted by atomic mass is 9.42. The van der Waals surface area contributed by atoms with Crippen LogP contribution < -0.4 is 0 Å². The number of carbonyl (C=O) groups excluding carboxylic acids is 3. The summed E-state index contributed by atoms with van der Waals surface area (Å²) in [7, 11) is 5.20. The van der Waals surface area contributed by atoms with E-state index in [0.717, 1.165) is 24.8 Å². The Balaban J connectivity index is 1.87. The van der Waals surface area contributed by atoms with Gasteiger partial charge in [0.25, 0.3) is 0 Å². The third kappa shape index (κ3) is 4.14. The summed E-state index contributed by atoms with van der Waals surface area (Å²) in [6.45, 7) is 6.94. The molecule has 3 rings (SSSR count). The molecule has 7 atom stereocenters. The topological polar surface area (TPSA) is 93.1 Å². The lowest BCUT2D eigenvalue weighted by Gasteiger charge is -2.61. The molecule has 0 aromatic rings. The smallest absolute Gasteiger partial charge is 0.330 e. The first-order valence-electron chi connectivity index (χ1n) is 11.8. The second kappa shape index (κ2) is 9.26. The normalized spacial score (nSPS) is 40.6. The van der Waals surface area contributed by atoms with Crippen LogP contribution in [-0.2, 0) is 23.9 Å². The van der Waals surface area contributed by atoms with Crippen molar-refractivity contribution in [3.05, 3.63) is 11.6 Å². The molecule has 0 aromatic carbocycles. The average Bonchev–Trinajstić information content (AvgIpc) is 2.72. The van der Waals surface area contributed by atoms with Crippen molar-refractivity contribution in [3.63, 3.8) is 0 Å². The summed E-state index contributed by atoms with van der Waals surface area (Å²) in [6.07, 6.45) is 4.15. The van der Waals surface area contributed by atoms with Gasteiger partial charge < -0.3 is 19.5 Å². The lowest BCUT2D eigenvalue weighted by Crippen LogP contribution is -2.65. The van der Waals surface area contributed by atoms with Crippen molar-refractivity contribution in [2.24, 2.45) is 34.5 Å². The molecule has 7 unspecified atom stereocenters. The second-order valence-electron chi connectivity index (χ2n) is 10.7. The quantitative estimate of drug-likeness (QED) is 0.509. The van der Waals surface area contributed by atoms with E-state index < -0.39 is 17.4 Å². The molecule has 0 heterocycles. The van der Waals surface area contributed by atoms with E-state index in [2.05, 4.69) is 6.92 Å². The highest BCUT2D eigenvalue weighted by molar-refractivity contribution is 5.90. The number of hydrogen-bond donors (Lipinski definition) is 1. The van der Waals surface area contributed by atoms with Gasteiger partial charge in [-0.05, 0) is 64.0 Å². The number of methoxy groups -OCH3 is 1. The van der Waals surface area contributed by atoms with E-state index in [0.29, 0.717) is 26.0 Å². The molecule has 3 aliphatic rings. The molecule has 1 N–H and O–H groups in total. The number of fused-ring (bicyclic) bond motifs is 3. The molecule has 3 saturated carbocycles. The Kier molecular flexibility index (Phi) is 7.20. The maximum absolute atomic E-state index is 13.5. The number of allylic oxidation sites excluding steroid dienone is 1. The third-order valence-corrected chi connectivity index (χ3v) is 8.63. The monoisotopic (exact) mass is 449 g/mol. The fourth-order valence-corrected chi connectivity index (χ4v) is 7.04. The standard InChI is InChI=1S/C25H39NO6/c1-15-16(14-18(27)32-13-12-26(4)5)8-9-17-19(15)20(28)21(29)22-24(17,2)10-7-11-25(22,3)23(30)31-6/h14-15,17,19,21-22,29H,7-13H2,1-6H3. The maximum Gasteiger partial charge on any atom is 0.330 e. The Morgan fingerprint density at radius 2 is 1.94 bits per heavy atom. The molecular formula is C25H39NO6. The number of esters is 2. The van der Waals surface area contributed by atoms with Crippen molar-refractivity contribution in [2.45, 2.75) is 59.0 Å². The van der Waals surface area contributed by atoms with E-state index in [1.165, 1.54) is 7.11 Å². The predicted octanol–water partition coefficient (Wildman–Crippen LogP) is 2.61. The maximum atomic E-state index is 13.5. The van der Waals surface area contributed by atoms with Crippen LogP contribution in [0.4, 0.5) is 0 Å². The molecule has 3 aliphatic carbocycles. The zero-order valence-electron chi connectivity index (χ0n) is 20.3. The molecule has 0 aromatic heterocycles. The zero-order chi connectivity index (χ0) is 23.8. The number of nitrogens with zero attached hydrogens (tertiary/aromatic N) is 1. The van der Waals surface area contributed by atoms with Crippen LogP contribution in [0.1, 0.15) is 52.9 Å². The second-order valence-corrected chi connectivity index (χ2v) is 10.7. The molecule has 0 radical (unpaired) electrons. The highest BCUT2D eigenvalue weighted by atomic mass is 16.5. The van der Waals surface area contributed by atoms with Crippen LogP contribution in [0, 0.1) is 34.5 Å². The summed E-state index contributed by atoms with van der Waals surface area (Å²) < 4.78 is 10.4. The summed E-state index contributed by atoms with van der Waals surface area (Å²) in [5.74, 6) is -1.83. The van der Waals surface area contributed by atoms with Crippen LogP contribution in [0.3, 0.4) is 0 Å². The number of Topliss-reactive ketones (excluding diaryl/α,β-unsaturated/α-hetero) is 1.